The molecule has 2 saturated heterocycles. The molecule has 9 heteroatoms. The summed E-state index contributed by atoms with van der Waals surface area (Å²) in [5.74, 6) is 0.678. The van der Waals surface area contributed by atoms with E-state index < -0.39 is 12.1 Å². The van der Waals surface area contributed by atoms with Crippen molar-refractivity contribution in [1.82, 2.24) is 25.5 Å². The maximum atomic E-state index is 13.4. The molecule has 0 saturated carbocycles. The Morgan fingerprint density at radius 3 is 2.42 bits per heavy atom. The Balaban J connectivity index is 1.10. The molecule has 3 atom stereocenters. The van der Waals surface area contributed by atoms with E-state index in [1.807, 2.05) is 24.2 Å². The van der Waals surface area contributed by atoms with Crippen molar-refractivity contribution in [3.63, 3.8) is 0 Å². The van der Waals surface area contributed by atoms with Gasteiger partial charge < -0.3 is 25.3 Å². The van der Waals surface area contributed by atoms with Crippen LogP contribution in [0.25, 0.3) is 28.0 Å². The first kappa shape index (κ1) is 28.9. The molecule has 3 aliphatic rings. The SMILES string of the molecule is CCC[C@H](NC(=O)OC)C(=O)N1CCC[C@H]1c1ncc(-c2ccc(-c3ccc(C4=CN=C([C@@H]5CCCN5)C4)cc3)cc2)[nH]1. The summed E-state index contributed by atoms with van der Waals surface area (Å²) in [4.78, 5) is 39.9. The van der Waals surface area contributed by atoms with Crippen LogP contribution >= 0.6 is 0 Å². The predicted octanol–water partition coefficient (Wildman–Crippen LogP) is 5.87. The number of hydrogen-bond acceptors (Lipinski definition) is 6. The minimum absolute atomic E-state index is 0.0916. The van der Waals surface area contributed by atoms with Crippen molar-refractivity contribution >= 4 is 23.3 Å². The smallest absolute Gasteiger partial charge is 0.407 e. The number of alkyl carbamates (subject to hydrolysis) is 1. The Morgan fingerprint density at radius 2 is 1.74 bits per heavy atom. The number of carbonyl (C=O) groups excluding carboxylic acids is 2. The first-order valence-corrected chi connectivity index (χ1v) is 15.4. The number of benzene rings is 2. The van der Waals surface area contributed by atoms with Crippen molar-refractivity contribution in [2.75, 3.05) is 20.2 Å². The lowest BCUT2D eigenvalue weighted by Crippen LogP contribution is -2.48. The van der Waals surface area contributed by atoms with Crippen LogP contribution in [0.4, 0.5) is 4.79 Å². The van der Waals surface area contributed by atoms with Crippen molar-refractivity contribution < 1.29 is 14.3 Å². The molecular weight excluding hydrogens is 540 g/mol. The molecule has 3 aliphatic heterocycles. The molecule has 0 bridgehead atoms. The summed E-state index contributed by atoms with van der Waals surface area (Å²) < 4.78 is 4.74. The van der Waals surface area contributed by atoms with Crippen LogP contribution in [0.15, 0.2) is 65.9 Å². The number of aliphatic imine (C=N–C) groups is 1. The fraction of sp³-hybridized carbons (Fsp3) is 0.412. The molecule has 3 N–H and O–H groups in total. The number of aromatic nitrogens is 2. The molecule has 0 radical (unpaired) electrons. The number of methoxy groups -OCH3 is 1. The second kappa shape index (κ2) is 13.0. The Morgan fingerprint density at radius 1 is 1.02 bits per heavy atom. The van der Waals surface area contributed by atoms with Crippen molar-refractivity contribution in [2.45, 2.75) is 70.0 Å². The van der Waals surface area contributed by atoms with Crippen LogP contribution in [-0.4, -0.2) is 64.9 Å². The van der Waals surface area contributed by atoms with Gasteiger partial charge in [-0.05, 0) is 66.5 Å². The van der Waals surface area contributed by atoms with Crippen LogP contribution < -0.4 is 10.6 Å². The third kappa shape index (κ3) is 6.27. The molecule has 43 heavy (non-hydrogen) atoms. The van der Waals surface area contributed by atoms with Crippen molar-refractivity contribution in [1.29, 1.82) is 0 Å². The number of nitrogens with zero attached hydrogens (tertiary/aromatic N) is 3. The number of carbonyl (C=O) groups is 2. The lowest BCUT2D eigenvalue weighted by molar-refractivity contribution is -0.134. The predicted molar refractivity (Wildman–Crippen MR) is 168 cm³/mol. The first-order valence-electron chi connectivity index (χ1n) is 15.4. The van der Waals surface area contributed by atoms with Crippen LogP contribution in [0.1, 0.15) is 69.3 Å². The lowest BCUT2D eigenvalue weighted by atomic mass is 9.96. The second-order valence-corrected chi connectivity index (χ2v) is 11.6. The topological polar surface area (TPSA) is 112 Å². The van der Waals surface area contributed by atoms with Crippen LogP contribution in [0.2, 0.25) is 0 Å². The number of hydrogen-bond donors (Lipinski definition) is 3. The van der Waals surface area contributed by atoms with Crippen molar-refractivity contribution in [2.24, 2.45) is 4.99 Å². The van der Waals surface area contributed by atoms with E-state index in [1.165, 1.54) is 42.4 Å². The van der Waals surface area contributed by atoms with Gasteiger partial charge in [0.25, 0.3) is 0 Å². The maximum Gasteiger partial charge on any atom is 0.407 e. The van der Waals surface area contributed by atoms with E-state index in [9.17, 15) is 9.59 Å². The molecule has 0 unspecified atom stereocenters. The van der Waals surface area contributed by atoms with Gasteiger partial charge in [-0.2, -0.15) is 0 Å². The number of H-pyrrole nitrogens is 1. The van der Waals surface area contributed by atoms with E-state index in [1.54, 1.807) is 0 Å². The summed E-state index contributed by atoms with van der Waals surface area (Å²) in [5.41, 5.74) is 8.03. The van der Waals surface area contributed by atoms with Crippen LogP contribution in [0, 0.1) is 0 Å². The number of allylic oxidation sites excluding steroid dienone is 1. The molecule has 0 spiro atoms. The van der Waals surface area contributed by atoms with E-state index in [4.69, 9.17) is 9.73 Å². The van der Waals surface area contributed by atoms with Gasteiger partial charge in [0.2, 0.25) is 5.91 Å². The molecular formula is C34H40N6O3. The third-order valence-corrected chi connectivity index (χ3v) is 8.81. The Labute approximate surface area is 252 Å². The molecule has 224 valence electrons. The summed E-state index contributed by atoms with van der Waals surface area (Å²) in [6.07, 6.45) is 9.66. The molecule has 0 aliphatic carbocycles. The summed E-state index contributed by atoms with van der Waals surface area (Å²) in [5, 5.41) is 6.25. The molecule has 9 nitrogen and oxygen atoms in total. The van der Waals surface area contributed by atoms with E-state index >= 15 is 0 Å². The first-order chi connectivity index (χ1) is 21.0. The number of rotatable bonds is 9. The highest BCUT2D eigenvalue weighted by molar-refractivity contribution is 6.01. The highest BCUT2D eigenvalue weighted by Gasteiger charge is 2.36. The van der Waals surface area contributed by atoms with Gasteiger partial charge in [-0.1, -0.05) is 61.9 Å². The Hall–Kier alpha value is -4.24. The minimum Gasteiger partial charge on any atom is -0.453 e. The normalized spacial score (nSPS) is 20.6. The zero-order chi connectivity index (χ0) is 29.8. The molecule has 1 aromatic heterocycles. The van der Waals surface area contributed by atoms with Crippen LogP contribution in [0.5, 0.6) is 0 Å². The number of likely N-dealkylation sites (tertiary alicyclic amines) is 1. The van der Waals surface area contributed by atoms with E-state index in [2.05, 4.69) is 69.1 Å². The average molecular weight is 581 g/mol. The molecule has 4 heterocycles. The Kier molecular flexibility index (Phi) is 8.69. The van der Waals surface area contributed by atoms with Gasteiger partial charge in [-0.25, -0.2) is 9.78 Å². The molecule has 2 fully saturated rings. The quantitative estimate of drug-likeness (QED) is 0.293. The summed E-state index contributed by atoms with van der Waals surface area (Å²) in [7, 11) is 1.31. The maximum absolute atomic E-state index is 13.4. The van der Waals surface area contributed by atoms with Gasteiger partial charge in [0.05, 0.1) is 25.0 Å². The highest BCUT2D eigenvalue weighted by Crippen LogP contribution is 2.33. The Bertz CT molecular complexity index is 1500. The highest BCUT2D eigenvalue weighted by atomic mass is 16.5. The van der Waals surface area contributed by atoms with Crippen molar-refractivity contribution in [3.8, 4) is 22.4 Å². The average Bonchev–Trinajstić information content (AvgIpc) is 3.87. The second-order valence-electron chi connectivity index (χ2n) is 11.6. The molecule has 2 aromatic carbocycles. The summed E-state index contributed by atoms with van der Waals surface area (Å²) in [6.45, 7) is 3.72. The number of amides is 2. The third-order valence-electron chi connectivity index (χ3n) is 8.81. The fourth-order valence-electron chi connectivity index (χ4n) is 6.44. The number of imidazole rings is 1. The molecule has 6 rings (SSSR count). The summed E-state index contributed by atoms with van der Waals surface area (Å²) in [6, 6.07) is 16.9. The number of nitrogens with one attached hydrogen (secondary N) is 3. The standard InChI is InChI=1S/C34H40N6O3/c1-3-6-28(39-34(42)43-2)33(41)40-18-5-8-31(40)32-37-21-30(38-32)25-15-13-23(14-16-25)22-9-11-24(12-10-22)26-19-29(36-20-26)27-7-4-17-35-27/h9-16,20-21,27-28,31,35H,3-8,17-19H2,1-2H3,(H,37,38)(H,39,42)/t27-,28-,31-/m0/s1. The van der Waals surface area contributed by atoms with Gasteiger partial charge in [0.15, 0.2) is 0 Å². The van der Waals surface area contributed by atoms with E-state index in [0.29, 0.717) is 19.0 Å². The van der Waals surface area contributed by atoms with Gasteiger partial charge in [0.1, 0.15) is 11.9 Å². The zero-order valence-corrected chi connectivity index (χ0v) is 24.9. The molecule has 3 aromatic rings. The number of aromatic amines is 1. The summed E-state index contributed by atoms with van der Waals surface area (Å²) >= 11 is 0. The van der Waals surface area contributed by atoms with Gasteiger partial charge in [-0.15, -0.1) is 0 Å². The minimum atomic E-state index is -0.607. The van der Waals surface area contributed by atoms with Gasteiger partial charge >= 0.3 is 6.09 Å². The number of ether oxygens (including phenoxy) is 1. The van der Waals surface area contributed by atoms with Crippen molar-refractivity contribution in [3.05, 3.63) is 72.3 Å². The lowest BCUT2D eigenvalue weighted by Gasteiger charge is -2.28. The fourth-order valence-corrected chi connectivity index (χ4v) is 6.44. The zero-order valence-electron chi connectivity index (χ0n) is 24.9. The van der Waals surface area contributed by atoms with Gasteiger partial charge in [-0.3, -0.25) is 9.79 Å². The van der Waals surface area contributed by atoms with Crippen LogP contribution in [-0.2, 0) is 9.53 Å². The van der Waals surface area contributed by atoms with E-state index in [0.717, 1.165) is 54.9 Å². The van der Waals surface area contributed by atoms with E-state index in [-0.39, 0.29) is 11.9 Å². The van der Waals surface area contributed by atoms with Gasteiger partial charge in [0, 0.05) is 30.9 Å². The monoisotopic (exact) mass is 580 g/mol. The largest absolute Gasteiger partial charge is 0.453 e. The molecule has 2 amide bonds. The van der Waals surface area contributed by atoms with Crippen LogP contribution in [0.3, 0.4) is 0 Å².